The second-order valence-corrected chi connectivity index (χ2v) is 9.59. The van der Waals surface area contributed by atoms with Gasteiger partial charge in [-0.3, -0.25) is 9.59 Å². The van der Waals surface area contributed by atoms with Crippen molar-refractivity contribution in [3.63, 3.8) is 0 Å². The van der Waals surface area contributed by atoms with Crippen LogP contribution in [0.15, 0.2) is 24.3 Å². The summed E-state index contributed by atoms with van der Waals surface area (Å²) in [4.78, 5) is 25.5. The maximum Gasteiger partial charge on any atom is 0.239 e. The molecular weight excluding hydrogens is 336 g/mol. The van der Waals surface area contributed by atoms with Crippen LogP contribution in [0.5, 0.6) is 0 Å². The molecule has 4 saturated carbocycles. The molecule has 0 saturated heterocycles. The van der Waals surface area contributed by atoms with Crippen LogP contribution in [0.2, 0.25) is 0 Å². The molecule has 4 fully saturated rings. The molecule has 0 aromatic heterocycles. The highest BCUT2D eigenvalue weighted by molar-refractivity contribution is 5.88. The summed E-state index contributed by atoms with van der Waals surface area (Å²) in [7, 11) is 0. The zero-order valence-electron chi connectivity index (χ0n) is 16.0. The van der Waals surface area contributed by atoms with Crippen molar-refractivity contribution >= 4 is 11.8 Å². The number of aryl methyl sites for hydroxylation is 1. The lowest BCUT2D eigenvalue weighted by Crippen LogP contribution is -2.54. The lowest BCUT2D eigenvalue weighted by molar-refractivity contribution is -0.147. The van der Waals surface area contributed by atoms with Crippen LogP contribution in [0.3, 0.4) is 0 Å². The van der Waals surface area contributed by atoms with Gasteiger partial charge in [0.2, 0.25) is 11.8 Å². The van der Waals surface area contributed by atoms with E-state index < -0.39 is 0 Å². The third-order valence-corrected chi connectivity index (χ3v) is 7.63. The molecule has 4 heteroatoms. The van der Waals surface area contributed by atoms with Gasteiger partial charge >= 0.3 is 0 Å². The molecule has 0 radical (unpaired) electrons. The van der Waals surface area contributed by atoms with Crippen LogP contribution >= 0.6 is 0 Å². The number of amides is 2. The number of rotatable bonds is 4. The lowest BCUT2D eigenvalue weighted by atomic mass is 9.49. The van der Waals surface area contributed by atoms with Crippen molar-refractivity contribution in [3.05, 3.63) is 35.4 Å². The minimum atomic E-state index is -0.174. The Morgan fingerprint density at radius 3 is 2.37 bits per heavy atom. The van der Waals surface area contributed by atoms with Gasteiger partial charge < -0.3 is 10.6 Å². The SMILES string of the molecule is O=C(CNC(=O)C12CC3CC(CC(C3)C1)C2)N[C@@H]1CCCc2ccccc21. The first-order valence-corrected chi connectivity index (χ1v) is 10.8. The van der Waals surface area contributed by atoms with Gasteiger partial charge in [0.15, 0.2) is 0 Å². The molecule has 2 N–H and O–H groups in total. The van der Waals surface area contributed by atoms with E-state index in [4.69, 9.17) is 0 Å². The highest BCUT2D eigenvalue weighted by Crippen LogP contribution is 2.60. The molecule has 6 rings (SSSR count). The molecule has 2 amide bonds. The van der Waals surface area contributed by atoms with Gasteiger partial charge in [0.25, 0.3) is 0 Å². The Hall–Kier alpha value is -1.84. The van der Waals surface area contributed by atoms with E-state index in [9.17, 15) is 9.59 Å². The second-order valence-electron chi connectivity index (χ2n) is 9.59. The van der Waals surface area contributed by atoms with E-state index in [0.29, 0.717) is 0 Å². The first-order chi connectivity index (χ1) is 13.1. The van der Waals surface area contributed by atoms with E-state index in [0.717, 1.165) is 56.3 Å². The quantitative estimate of drug-likeness (QED) is 0.857. The molecular formula is C23H30N2O2. The van der Waals surface area contributed by atoms with E-state index in [-0.39, 0.29) is 29.8 Å². The van der Waals surface area contributed by atoms with E-state index in [2.05, 4.69) is 28.8 Å². The van der Waals surface area contributed by atoms with Gasteiger partial charge in [0.05, 0.1) is 12.6 Å². The molecule has 0 unspecified atom stereocenters. The topological polar surface area (TPSA) is 58.2 Å². The van der Waals surface area contributed by atoms with E-state index >= 15 is 0 Å². The molecule has 0 aliphatic heterocycles. The minimum Gasteiger partial charge on any atom is -0.348 e. The maximum atomic E-state index is 13.0. The lowest BCUT2D eigenvalue weighted by Gasteiger charge is -2.55. The van der Waals surface area contributed by atoms with Gasteiger partial charge in [-0.25, -0.2) is 0 Å². The number of benzene rings is 1. The molecule has 27 heavy (non-hydrogen) atoms. The Morgan fingerprint density at radius 2 is 1.67 bits per heavy atom. The summed E-state index contributed by atoms with van der Waals surface area (Å²) in [6.45, 7) is 0.110. The molecule has 5 aliphatic carbocycles. The van der Waals surface area contributed by atoms with E-state index in [1.807, 2.05) is 6.07 Å². The zero-order valence-corrected chi connectivity index (χ0v) is 16.0. The van der Waals surface area contributed by atoms with Crippen molar-refractivity contribution in [1.82, 2.24) is 10.6 Å². The van der Waals surface area contributed by atoms with Crippen molar-refractivity contribution in [2.45, 2.75) is 63.8 Å². The Balaban J connectivity index is 1.19. The van der Waals surface area contributed by atoms with Crippen LogP contribution in [-0.2, 0) is 16.0 Å². The average molecular weight is 367 g/mol. The highest BCUT2D eigenvalue weighted by Gasteiger charge is 2.54. The van der Waals surface area contributed by atoms with Gasteiger partial charge in [-0.2, -0.15) is 0 Å². The molecule has 5 aliphatic rings. The number of nitrogens with one attached hydrogen (secondary N) is 2. The summed E-state index contributed by atoms with van der Waals surface area (Å²) in [5, 5.41) is 6.15. The zero-order chi connectivity index (χ0) is 18.4. The number of hydrogen-bond donors (Lipinski definition) is 2. The van der Waals surface area contributed by atoms with Crippen LogP contribution in [0.4, 0.5) is 0 Å². The van der Waals surface area contributed by atoms with Crippen molar-refractivity contribution < 1.29 is 9.59 Å². The number of fused-ring (bicyclic) bond motifs is 1. The van der Waals surface area contributed by atoms with Crippen LogP contribution < -0.4 is 10.6 Å². The fraction of sp³-hybridized carbons (Fsp3) is 0.652. The van der Waals surface area contributed by atoms with Crippen molar-refractivity contribution in [1.29, 1.82) is 0 Å². The van der Waals surface area contributed by atoms with Gasteiger partial charge in [0.1, 0.15) is 0 Å². The molecule has 0 spiro atoms. The first-order valence-electron chi connectivity index (χ1n) is 10.8. The van der Waals surface area contributed by atoms with Crippen molar-refractivity contribution in [2.24, 2.45) is 23.2 Å². The van der Waals surface area contributed by atoms with Crippen LogP contribution in [-0.4, -0.2) is 18.4 Å². The fourth-order valence-corrected chi connectivity index (χ4v) is 6.89. The summed E-state index contributed by atoms with van der Waals surface area (Å²) in [6.07, 6.45) is 10.3. The summed E-state index contributed by atoms with van der Waals surface area (Å²) in [6, 6.07) is 8.46. The average Bonchev–Trinajstić information content (AvgIpc) is 2.65. The number of carbonyl (C=O) groups excluding carboxylic acids is 2. The normalized spacial score (nSPS) is 36.1. The fourth-order valence-electron chi connectivity index (χ4n) is 6.89. The highest BCUT2D eigenvalue weighted by atomic mass is 16.2. The largest absolute Gasteiger partial charge is 0.348 e. The molecule has 4 bridgehead atoms. The molecule has 1 aromatic rings. The smallest absolute Gasteiger partial charge is 0.239 e. The molecule has 0 heterocycles. The number of carbonyl (C=O) groups is 2. The van der Waals surface area contributed by atoms with E-state index in [1.165, 1.54) is 30.4 Å². The van der Waals surface area contributed by atoms with Crippen molar-refractivity contribution in [2.75, 3.05) is 6.54 Å². The van der Waals surface area contributed by atoms with Gasteiger partial charge in [-0.15, -0.1) is 0 Å². The maximum absolute atomic E-state index is 13.0. The monoisotopic (exact) mass is 366 g/mol. The third kappa shape index (κ3) is 3.17. The summed E-state index contributed by atoms with van der Waals surface area (Å²) in [5.74, 6) is 2.31. The molecule has 144 valence electrons. The minimum absolute atomic E-state index is 0.0604. The van der Waals surface area contributed by atoms with E-state index in [1.54, 1.807) is 0 Å². The van der Waals surface area contributed by atoms with Gasteiger partial charge in [-0.05, 0) is 86.7 Å². The van der Waals surface area contributed by atoms with Crippen LogP contribution in [0.25, 0.3) is 0 Å². The third-order valence-electron chi connectivity index (χ3n) is 7.63. The second kappa shape index (κ2) is 6.65. The van der Waals surface area contributed by atoms with Gasteiger partial charge in [-0.1, -0.05) is 24.3 Å². The Bertz CT molecular complexity index is 721. The Labute approximate surface area is 161 Å². The summed E-state index contributed by atoms with van der Waals surface area (Å²) >= 11 is 0. The summed E-state index contributed by atoms with van der Waals surface area (Å²) in [5.41, 5.74) is 2.41. The van der Waals surface area contributed by atoms with Crippen molar-refractivity contribution in [3.8, 4) is 0 Å². The molecule has 1 aromatic carbocycles. The predicted octanol–water partition coefficient (Wildman–Crippen LogP) is 3.51. The standard InChI is InChI=1S/C23H30N2O2/c26-21(25-20-7-3-5-18-4-1-2-6-19(18)20)14-24-22(27)23-11-15-8-16(12-23)10-17(9-15)13-23/h1-2,4,6,15-17,20H,3,5,7-14H2,(H,24,27)(H,25,26)/t15?,16?,17?,20-,23?/m1/s1. The summed E-state index contributed by atoms with van der Waals surface area (Å²) < 4.78 is 0. The Kier molecular flexibility index (Phi) is 4.25. The van der Waals surface area contributed by atoms with Gasteiger partial charge in [0, 0.05) is 5.41 Å². The first kappa shape index (κ1) is 17.3. The number of hydrogen-bond acceptors (Lipinski definition) is 2. The van der Waals surface area contributed by atoms with Crippen LogP contribution in [0.1, 0.15) is 68.5 Å². The molecule has 4 nitrogen and oxygen atoms in total. The Morgan fingerprint density at radius 1 is 1.00 bits per heavy atom. The molecule has 1 atom stereocenters. The van der Waals surface area contributed by atoms with Crippen LogP contribution in [0, 0.1) is 23.2 Å². The predicted molar refractivity (Wildman–Crippen MR) is 104 cm³/mol.